The monoisotopic (exact) mass is 305 g/mol. The highest BCUT2D eigenvalue weighted by Gasteiger charge is 2.13. The minimum absolute atomic E-state index is 0.0741. The minimum Gasteiger partial charge on any atom is -0.369 e. The second-order valence-electron chi connectivity index (χ2n) is 5.74. The number of rotatable bonds is 6. The molecule has 5 nitrogen and oxygen atoms in total. The molecule has 1 fully saturated rings. The molecule has 0 spiro atoms. The fraction of sp³-hybridized carbons (Fsp3) is 0.647. The molecule has 1 N–H and O–H groups in total. The highest BCUT2D eigenvalue weighted by atomic mass is 16.5. The molecule has 1 aromatic rings. The Morgan fingerprint density at radius 3 is 2.77 bits per heavy atom. The lowest BCUT2D eigenvalue weighted by Gasteiger charge is -2.22. The third-order valence-corrected chi connectivity index (χ3v) is 3.99. The van der Waals surface area contributed by atoms with E-state index in [0.29, 0.717) is 13.2 Å². The van der Waals surface area contributed by atoms with Crippen LogP contribution in [0.25, 0.3) is 0 Å². The summed E-state index contributed by atoms with van der Waals surface area (Å²) in [7, 11) is 0. The highest BCUT2D eigenvalue weighted by molar-refractivity contribution is 5.80. The molecule has 0 radical (unpaired) electrons. The summed E-state index contributed by atoms with van der Waals surface area (Å²) in [6.45, 7) is 6.87. The summed E-state index contributed by atoms with van der Waals surface area (Å²) in [4.78, 5) is 18.7. The van der Waals surface area contributed by atoms with Crippen molar-refractivity contribution in [2.24, 2.45) is 0 Å². The molecule has 1 unspecified atom stereocenters. The molecule has 0 saturated carbocycles. The van der Waals surface area contributed by atoms with Gasteiger partial charge in [0.25, 0.3) is 0 Å². The second kappa shape index (κ2) is 8.73. The number of hydrogen-bond acceptors (Lipinski definition) is 4. The Labute approximate surface area is 133 Å². The van der Waals surface area contributed by atoms with E-state index in [0.717, 1.165) is 24.5 Å². The highest BCUT2D eigenvalue weighted by Crippen LogP contribution is 2.18. The summed E-state index contributed by atoms with van der Waals surface area (Å²) in [5.41, 5.74) is 1.08. The van der Waals surface area contributed by atoms with Gasteiger partial charge < -0.3 is 15.0 Å². The number of anilines is 1. The lowest BCUT2D eigenvalue weighted by Crippen LogP contribution is -2.34. The van der Waals surface area contributed by atoms with E-state index >= 15 is 0 Å². The molecule has 1 aliphatic heterocycles. The molecule has 1 amide bonds. The smallest absolute Gasteiger partial charge is 0.249 e. The van der Waals surface area contributed by atoms with Gasteiger partial charge in [-0.05, 0) is 44.4 Å². The van der Waals surface area contributed by atoms with Crippen LogP contribution in [-0.2, 0) is 16.1 Å². The maximum absolute atomic E-state index is 11.9. The normalized spacial score (nSPS) is 16.9. The average molecular weight is 305 g/mol. The summed E-state index contributed by atoms with van der Waals surface area (Å²) in [6.07, 6.45) is 6.50. The Morgan fingerprint density at radius 2 is 2.09 bits per heavy atom. The lowest BCUT2D eigenvalue weighted by molar-refractivity contribution is -0.131. The summed E-state index contributed by atoms with van der Waals surface area (Å²) in [5.74, 6) is 0.946. The van der Waals surface area contributed by atoms with E-state index in [1.165, 1.54) is 25.7 Å². The van der Waals surface area contributed by atoms with Gasteiger partial charge in [-0.15, -0.1) is 0 Å². The molecule has 1 aromatic heterocycles. The molecule has 5 heteroatoms. The van der Waals surface area contributed by atoms with Crippen LogP contribution in [0.4, 0.5) is 5.82 Å². The molecule has 0 bridgehead atoms. The standard InChI is InChI=1S/C17H27N3O2/c1-3-22-14(2)17(21)19-13-15-8-9-18-16(12-15)20-10-6-4-5-7-11-20/h8-9,12,14H,3-7,10-11,13H2,1-2H3,(H,19,21). The number of nitrogens with one attached hydrogen (secondary N) is 1. The fourth-order valence-corrected chi connectivity index (χ4v) is 2.70. The van der Waals surface area contributed by atoms with Crippen molar-refractivity contribution >= 4 is 11.7 Å². The van der Waals surface area contributed by atoms with Gasteiger partial charge in [-0.25, -0.2) is 4.98 Å². The summed E-state index contributed by atoms with van der Waals surface area (Å²) < 4.78 is 5.29. The van der Waals surface area contributed by atoms with Crippen molar-refractivity contribution in [2.75, 3.05) is 24.6 Å². The SMILES string of the molecule is CCOC(C)C(=O)NCc1ccnc(N2CCCCCC2)c1. The van der Waals surface area contributed by atoms with Gasteiger partial charge in [-0.1, -0.05) is 12.8 Å². The average Bonchev–Trinajstić information content (AvgIpc) is 2.82. The topological polar surface area (TPSA) is 54.5 Å². The van der Waals surface area contributed by atoms with E-state index in [4.69, 9.17) is 4.74 Å². The molecule has 1 atom stereocenters. The molecule has 22 heavy (non-hydrogen) atoms. The van der Waals surface area contributed by atoms with Crippen LogP contribution in [0, 0.1) is 0 Å². The number of hydrogen-bond donors (Lipinski definition) is 1. The first kappa shape index (κ1) is 16.7. The van der Waals surface area contributed by atoms with Crippen LogP contribution in [0.15, 0.2) is 18.3 Å². The molecule has 0 aliphatic carbocycles. The maximum Gasteiger partial charge on any atom is 0.249 e. The predicted octanol–water partition coefficient (Wildman–Crippen LogP) is 2.50. The number of carbonyl (C=O) groups is 1. The largest absolute Gasteiger partial charge is 0.369 e. The first-order valence-corrected chi connectivity index (χ1v) is 8.30. The van der Waals surface area contributed by atoms with Gasteiger partial charge >= 0.3 is 0 Å². The van der Waals surface area contributed by atoms with Crippen molar-refractivity contribution in [1.82, 2.24) is 10.3 Å². The van der Waals surface area contributed by atoms with Crippen molar-refractivity contribution < 1.29 is 9.53 Å². The minimum atomic E-state index is -0.406. The van der Waals surface area contributed by atoms with Gasteiger partial charge in [0.15, 0.2) is 0 Å². The predicted molar refractivity (Wildman–Crippen MR) is 87.9 cm³/mol. The Bertz CT molecular complexity index is 471. The van der Waals surface area contributed by atoms with Gasteiger partial charge in [0.2, 0.25) is 5.91 Å². The van der Waals surface area contributed by atoms with Crippen LogP contribution in [0.1, 0.15) is 45.1 Å². The van der Waals surface area contributed by atoms with E-state index in [1.807, 2.05) is 19.2 Å². The van der Waals surface area contributed by atoms with Crippen LogP contribution in [0.2, 0.25) is 0 Å². The third-order valence-electron chi connectivity index (χ3n) is 3.99. The van der Waals surface area contributed by atoms with Crippen molar-refractivity contribution in [3.8, 4) is 0 Å². The lowest BCUT2D eigenvalue weighted by atomic mass is 10.2. The van der Waals surface area contributed by atoms with Crippen molar-refractivity contribution in [2.45, 2.75) is 52.2 Å². The fourth-order valence-electron chi connectivity index (χ4n) is 2.70. The van der Waals surface area contributed by atoms with Gasteiger partial charge in [-0.3, -0.25) is 4.79 Å². The van der Waals surface area contributed by atoms with Crippen LogP contribution in [-0.4, -0.2) is 36.7 Å². The molecule has 122 valence electrons. The number of carbonyl (C=O) groups excluding carboxylic acids is 1. The van der Waals surface area contributed by atoms with Crippen LogP contribution in [0.5, 0.6) is 0 Å². The number of aromatic nitrogens is 1. The maximum atomic E-state index is 11.9. The Hall–Kier alpha value is -1.62. The number of pyridine rings is 1. The molecule has 1 saturated heterocycles. The zero-order valence-electron chi connectivity index (χ0n) is 13.7. The Balaban J connectivity index is 1.92. The molecule has 1 aliphatic rings. The van der Waals surface area contributed by atoms with E-state index in [1.54, 1.807) is 6.92 Å². The van der Waals surface area contributed by atoms with E-state index in [-0.39, 0.29) is 5.91 Å². The summed E-state index contributed by atoms with van der Waals surface area (Å²) in [5, 5.41) is 2.92. The Kier molecular flexibility index (Phi) is 6.65. The summed E-state index contributed by atoms with van der Waals surface area (Å²) >= 11 is 0. The van der Waals surface area contributed by atoms with Crippen LogP contribution < -0.4 is 10.2 Å². The van der Waals surface area contributed by atoms with E-state index < -0.39 is 6.10 Å². The van der Waals surface area contributed by atoms with Crippen LogP contribution in [0.3, 0.4) is 0 Å². The quantitative estimate of drug-likeness (QED) is 0.877. The first-order valence-electron chi connectivity index (χ1n) is 8.30. The van der Waals surface area contributed by atoms with E-state index in [2.05, 4.69) is 21.3 Å². The van der Waals surface area contributed by atoms with E-state index in [9.17, 15) is 4.79 Å². The van der Waals surface area contributed by atoms with Gasteiger partial charge in [0.1, 0.15) is 11.9 Å². The van der Waals surface area contributed by atoms with Crippen molar-refractivity contribution in [3.63, 3.8) is 0 Å². The Morgan fingerprint density at radius 1 is 1.36 bits per heavy atom. The van der Waals surface area contributed by atoms with Gasteiger partial charge in [-0.2, -0.15) is 0 Å². The number of amides is 1. The van der Waals surface area contributed by atoms with Crippen molar-refractivity contribution in [3.05, 3.63) is 23.9 Å². The molecule has 2 heterocycles. The summed E-state index contributed by atoms with van der Waals surface area (Å²) in [6, 6.07) is 4.03. The van der Waals surface area contributed by atoms with Crippen molar-refractivity contribution in [1.29, 1.82) is 0 Å². The molecule has 0 aromatic carbocycles. The van der Waals surface area contributed by atoms with Crippen LogP contribution >= 0.6 is 0 Å². The number of ether oxygens (including phenoxy) is 1. The van der Waals surface area contributed by atoms with Gasteiger partial charge in [0.05, 0.1) is 0 Å². The molecular formula is C17H27N3O2. The first-order chi connectivity index (χ1) is 10.7. The van der Waals surface area contributed by atoms with Gasteiger partial charge in [0, 0.05) is 32.4 Å². The third kappa shape index (κ3) is 4.98. The number of nitrogens with zero attached hydrogens (tertiary/aromatic N) is 2. The second-order valence-corrected chi connectivity index (χ2v) is 5.74. The zero-order valence-corrected chi connectivity index (χ0v) is 13.7. The zero-order chi connectivity index (χ0) is 15.8. The molecule has 2 rings (SSSR count). The molecular weight excluding hydrogens is 278 g/mol.